The van der Waals surface area contributed by atoms with E-state index in [1.807, 2.05) is 60.7 Å². The maximum atomic E-state index is 12.4. The number of ether oxygens (including phenoxy) is 1. The molecule has 1 amide bonds. The fraction of sp³-hybridized carbons (Fsp3) is 0.158. The van der Waals surface area contributed by atoms with Crippen LogP contribution in [0, 0.1) is 0 Å². The van der Waals surface area contributed by atoms with Gasteiger partial charge in [-0.05, 0) is 11.1 Å². The second-order valence-electron chi connectivity index (χ2n) is 5.44. The second kappa shape index (κ2) is 6.08. The van der Waals surface area contributed by atoms with Crippen LogP contribution < -0.4 is 0 Å². The Labute approximate surface area is 135 Å². The minimum Gasteiger partial charge on any atom is -0.438 e. The summed E-state index contributed by atoms with van der Waals surface area (Å²) in [5.74, 6) is -0.253. The fourth-order valence-corrected chi connectivity index (χ4v) is 2.79. The molecule has 0 saturated carbocycles. The van der Waals surface area contributed by atoms with E-state index < -0.39 is 18.2 Å². The Balaban J connectivity index is 2.09. The first kappa shape index (κ1) is 15.0. The molecular formula is C19H17NO3. The number of Topliss-reactive ketones (excluding diaryl/α,β-unsaturated/α-hetero) is 1. The first-order chi connectivity index (χ1) is 11.1. The zero-order valence-corrected chi connectivity index (χ0v) is 12.8. The van der Waals surface area contributed by atoms with E-state index in [9.17, 15) is 9.59 Å². The highest BCUT2D eigenvalue weighted by molar-refractivity contribution is 5.96. The molecule has 1 saturated heterocycles. The Morgan fingerprint density at radius 2 is 1.52 bits per heavy atom. The molecule has 4 heteroatoms. The fourth-order valence-electron chi connectivity index (χ4n) is 2.79. The molecular weight excluding hydrogens is 290 g/mol. The van der Waals surface area contributed by atoms with Crippen molar-refractivity contribution < 1.29 is 14.3 Å². The van der Waals surface area contributed by atoms with Gasteiger partial charge in [-0.1, -0.05) is 67.2 Å². The average molecular weight is 307 g/mol. The summed E-state index contributed by atoms with van der Waals surface area (Å²) in [4.78, 5) is 25.5. The van der Waals surface area contributed by atoms with Crippen LogP contribution in [-0.2, 0) is 9.53 Å². The lowest BCUT2D eigenvalue weighted by molar-refractivity contribution is -0.114. The standard InChI is InChI=1S/C19H17NO3/c1-13(14(2)21)20-17(15-9-5-3-6-10-15)18(23-19(20)22)16-11-7-4-8-12-16/h3-12,17-18H,1H2,2H3/t17-,18+/m1/s1. The molecule has 0 aromatic heterocycles. The molecule has 23 heavy (non-hydrogen) atoms. The summed E-state index contributed by atoms with van der Waals surface area (Å²) in [5.41, 5.74) is 1.92. The molecule has 1 heterocycles. The number of carbonyl (C=O) groups excluding carboxylic acids is 2. The summed E-state index contributed by atoms with van der Waals surface area (Å²) in [6, 6.07) is 18.6. The van der Waals surface area contributed by atoms with Crippen molar-refractivity contribution in [1.29, 1.82) is 0 Å². The van der Waals surface area contributed by atoms with Crippen LogP contribution in [0.5, 0.6) is 0 Å². The summed E-state index contributed by atoms with van der Waals surface area (Å²) in [5, 5.41) is 0. The van der Waals surface area contributed by atoms with E-state index in [0.29, 0.717) is 0 Å². The number of carbonyl (C=O) groups is 2. The molecule has 2 aromatic rings. The number of hydrogen-bond acceptors (Lipinski definition) is 3. The molecule has 0 aliphatic carbocycles. The number of cyclic esters (lactones) is 1. The van der Waals surface area contributed by atoms with Gasteiger partial charge in [0.05, 0.1) is 5.70 Å². The largest absolute Gasteiger partial charge is 0.438 e. The van der Waals surface area contributed by atoms with Crippen LogP contribution in [0.1, 0.15) is 30.2 Å². The van der Waals surface area contributed by atoms with Gasteiger partial charge in [0.1, 0.15) is 6.04 Å². The third kappa shape index (κ3) is 2.75. The van der Waals surface area contributed by atoms with Gasteiger partial charge in [0.2, 0.25) is 0 Å². The van der Waals surface area contributed by atoms with Crippen molar-refractivity contribution in [3.8, 4) is 0 Å². The van der Waals surface area contributed by atoms with Crippen LogP contribution in [0.4, 0.5) is 4.79 Å². The minimum absolute atomic E-state index is 0.141. The van der Waals surface area contributed by atoms with Crippen LogP contribution in [-0.4, -0.2) is 16.8 Å². The number of hydrogen-bond donors (Lipinski definition) is 0. The molecule has 0 unspecified atom stereocenters. The molecule has 0 radical (unpaired) electrons. The summed E-state index contributed by atoms with van der Waals surface area (Å²) in [6.07, 6.45) is -1.03. The van der Waals surface area contributed by atoms with Crippen molar-refractivity contribution in [3.05, 3.63) is 84.1 Å². The van der Waals surface area contributed by atoms with Gasteiger partial charge in [-0.25, -0.2) is 4.79 Å². The highest BCUT2D eigenvalue weighted by Gasteiger charge is 2.45. The molecule has 2 atom stereocenters. The van der Waals surface area contributed by atoms with Crippen LogP contribution in [0.25, 0.3) is 0 Å². The van der Waals surface area contributed by atoms with Crippen molar-refractivity contribution in [2.75, 3.05) is 0 Å². The van der Waals surface area contributed by atoms with Gasteiger partial charge in [-0.2, -0.15) is 0 Å². The van der Waals surface area contributed by atoms with Crippen LogP contribution in [0.2, 0.25) is 0 Å². The zero-order chi connectivity index (χ0) is 16.4. The molecule has 2 aromatic carbocycles. The van der Waals surface area contributed by atoms with E-state index >= 15 is 0 Å². The predicted octanol–water partition coefficient (Wildman–Crippen LogP) is 4.02. The van der Waals surface area contributed by atoms with E-state index in [2.05, 4.69) is 6.58 Å². The molecule has 1 aliphatic heterocycles. The van der Waals surface area contributed by atoms with Gasteiger partial charge in [0, 0.05) is 6.92 Å². The van der Waals surface area contributed by atoms with Crippen molar-refractivity contribution in [1.82, 2.24) is 4.90 Å². The Kier molecular flexibility index (Phi) is 3.98. The molecule has 0 N–H and O–H groups in total. The number of nitrogens with zero attached hydrogens (tertiary/aromatic N) is 1. The van der Waals surface area contributed by atoms with Crippen molar-refractivity contribution in [2.45, 2.75) is 19.1 Å². The topological polar surface area (TPSA) is 46.6 Å². The molecule has 116 valence electrons. The minimum atomic E-state index is -0.548. The molecule has 1 fully saturated rings. The smallest absolute Gasteiger partial charge is 0.415 e. The quantitative estimate of drug-likeness (QED) is 0.801. The normalized spacial score (nSPS) is 20.2. The van der Waals surface area contributed by atoms with E-state index in [4.69, 9.17) is 4.74 Å². The summed E-state index contributed by atoms with van der Waals surface area (Å²) >= 11 is 0. The van der Waals surface area contributed by atoms with Gasteiger partial charge in [-0.3, -0.25) is 9.69 Å². The lowest BCUT2D eigenvalue weighted by Gasteiger charge is -2.25. The number of rotatable bonds is 4. The lowest BCUT2D eigenvalue weighted by Crippen LogP contribution is -2.30. The summed E-state index contributed by atoms with van der Waals surface area (Å²) < 4.78 is 5.57. The highest BCUT2D eigenvalue weighted by atomic mass is 16.6. The van der Waals surface area contributed by atoms with Gasteiger partial charge < -0.3 is 4.74 Å². The van der Waals surface area contributed by atoms with Crippen molar-refractivity contribution >= 4 is 11.9 Å². The monoisotopic (exact) mass is 307 g/mol. The van der Waals surface area contributed by atoms with Gasteiger partial charge >= 0.3 is 6.09 Å². The third-order valence-corrected chi connectivity index (χ3v) is 3.96. The summed E-state index contributed by atoms with van der Waals surface area (Å²) in [7, 11) is 0. The maximum absolute atomic E-state index is 12.4. The predicted molar refractivity (Wildman–Crippen MR) is 86.5 cm³/mol. The van der Waals surface area contributed by atoms with E-state index in [0.717, 1.165) is 11.1 Å². The SMILES string of the molecule is C=C(C(C)=O)N1C(=O)O[C@@H](c2ccccc2)[C@H]1c1ccccc1. The van der Waals surface area contributed by atoms with Crippen molar-refractivity contribution in [3.63, 3.8) is 0 Å². The average Bonchev–Trinajstić information content (AvgIpc) is 2.93. The first-order valence-electron chi connectivity index (χ1n) is 7.39. The Morgan fingerprint density at radius 3 is 2.04 bits per heavy atom. The number of benzene rings is 2. The van der Waals surface area contributed by atoms with Gasteiger partial charge in [-0.15, -0.1) is 0 Å². The van der Waals surface area contributed by atoms with Crippen LogP contribution >= 0.6 is 0 Å². The summed E-state index contributed by atoms with van der Waals surface area (Å²) in [6.45, 7) is 5.16. The molecule has 0 bridgehead atoms. The van der Waals surface area contributed by atoms with Crippen LogP contribution in [0.3, 0.4) is 0 Å². The Morgan fingerprint density at radius 1 is 1.00 bits per heavy atom. The maximum Gasteiger partial charge on any atom is 0.415 e. The van der Waals surface area contributed by atoms with E-state index in [1.54, 1.807) is 0 Å². The molecule has 0 spiro atoms. The third-order valence-electron chi connectivity index (χ3n) is 3.96. The van der Waals surface area contributed by atoms with E-state index in [-0.39, 0.29) is 11.5 Å². The Hall–Kier alpha value is -2.88. The van der Waals surface area contributed by atoms with Crippen molar-refractivity contribution in [2.24, 2.45) is 0 Å². The van der Waals surface area contributed by atoms with Gasteiger partial charge in [0.25, 0.3) is 0 Å². The first-order valence-corrected chi connectivity index (χ1v) is 7.39. The van der Waals surface area contributed by atoms with Gasteiger partial charge in [0.15, 0.2) is 11.9 Å². The number of allylic oxidation sites excluding steroid dienone is 1. The number of ketones is 1. The second-order valence-corrected chi connectivity index (χ2v) is 5.44. The Bertz CT molecular complexity index is 740. The molecule has 1 aliphatic rings. The molecule has 3 rings (SSSR count). The lowest BCUT2D eigenvalue weighted by atomic mass is 9.95. The van der Waals surface area contributed by atoms with E-state index in [1.165, 1.54) is 11.8 Å². The number of amides is 1. The molecule has 4 nitrogen and oxygen atoms in total. The van der Waals surface area contributed by atoms with Crippen LogP contribution in [0.15, 0.2) is 72.9 Å². The zero-order valence-electron chi connectivity index (χ0n) is 12.8. The highest BCUT2D eigenvalue weighted by Crippen LogP contribution is 2.44.